The fourth-order valence-electron chi connectivity index (χ4n) is 7.78. The minimum absolute atomic E-state index is 0.694. The number of fused-ring (bicyclic) bond motifs is 3. The van der Waals surface area contributed by atoms with Crippen LogP contribution in [-0.4, -0.2) is 16.5 Å². The van der Waals surface area contributed by atoms with E-state index in [0.29, 0.717) is 5.82 Å². The van der Waals surface area contributed by atoms with E-state index >= 15 is 0 Å². The molecule has 0 spiro atoms. The summed E-state index contributed by atoms with van der Waals surface area (Å²) in [4.78, 5) is 10.7. The summed E-state index contributed by atoms with van der Waals surface area (Å²) < 4.78 is 0. The lowest BCUT2D eigenvalue weighted by atomic mass is 9.89. The number of hydrogen-bond acceptors (Lipinski definition) is 3. The minimum Gasteiger partial charge on any atom is -0.381 e. The second kappa shape index (κ2) is 13.5. The van der Waals surface area contributed by atoms with Gasteiger partial charge in [0.2, 0.25) is 0 Å². The average molecular weight is 690 g/mol. The Kier molecular flexibility index (Phi) is 7.88. The van der Waals surface area contributed by atoms with Crippen LogP contribution in [0.1, 0.15) is 5.56 Å². The molecule has 1 aliphatic heterocycles. The van der Waals surface area contributed by atoms with Crippen molar-refractivity contribution in [2.45, 2.75) is 0 Å². The van der Waals surface area contributed by atoms with Crippen molar-refractivity contribution >= 4 is 38.1 Å². The SMILES string of the molecule is C1=CCNC(c2ccc(-c3cc(-c4nc(-c5ccccc5)c5ccc(-c6ccccc6)cc5n4)cc(-c4c5ccccc5cc5ccccc45)c3)cc2)=C1. The Morgan fingerprint density at radius 3 is 1.70 bits per heavy atom. The van der Waals surface area contributed by atoms with E-state index < -0.39 is 0 Å². The lowest BCUT2D eigenvalue weighted by Crippen LogP contribution is -2.14. The number of dihydropyridines is 1. The average Bonchev–Trinajstić information content (AvgIpc) is 3.25. The molecule has 10 rings (SSSR count). The zero-order chi connectivity index (χ0) is 35.8. The largest absolute Gasteiger partial charge is 0.381 e. The third-order valence-electron chi connectivity index (χ3n) is 10.4. The van der Waals surface area contributed by atoms with Crippen LogP contribution in [0.4, 0.5) is 0 Å². The Balaban J connectivity index is 1.23. The van der Waals surface area contributed by atoms with Crippen LogP contribution >= 0.6 is 0 Å². The molecule has 254 valence electrons. The van der Waals surface area contributed by atoms with Gasteiger partial charge in [-0.05, 0) is 103 Å². The molecule has 1 aromatic heterocycles. The number of allylic oxidation sites excluding steroid dienone is 2. The molecule has 2 heterocycles. The van der Waals surface area contributed by atoms with E-state index in [0.717, 1.165) is 67.8 Å². The van der Waals surface area contributed by atoms with Crippen LogP contribution in [0.2, 0.25) is 0 Å². The molecule has 0 radical (unpaired) electrons. The Labute approximate surface area is 314 Å². The van der Waals surface area contributed by atoms with E-state index in [2.05, 4.69) is 193 Å². The van der Waals surface area contributed by atoms with Crippen molar-refractivity contribution in [3.8, 4) is 56.0 Å². The van der Waals surface area contributed by atoms with Crippen LogP contribution in [-0.2, 0) is 0 Å². The second-order valence-electron chi connectivity index (χ2n) is 13.8. The van der Waals surface area contributed by atoms with Gasteiger partial charge in [0.05, 0.1) is 11.2 Å². The summed E-state index contributed by atoms with van der Waals surface area (Å²) in [6.45, 7) is 0.835. The third kappa shape index (κ3) is 5.82. The van der Waals surface area contributed by atoms with Gasteiger partial charge in [-0.15, -0.1) is 0 Å². The molecule has 0 amide bonds. The predicted octanol–water partition coefficient (Wildman–Crippen LogP) is 12.8. The van der Waals surface area contributed by atoms with Crippen molar-refractivity contribution in [2.24, 2.45) is 0 Å². The maximum absolute atomic E-state index is 5.38. The molecule has 9 aromatic rings. The van der Waals surface area contributed by atoms with Crippen molar-refractivity contribution in [2.75, 3.05) is 6.54 Å². The van der Waals surface area contributed by atoms with Gasteiger partial charge in [0.25, 0.3) is 0 Å². The van der Waals surface area contributed by atoms with Crippen LogP contribution in [0.5, 0.6) is 0 Å². The molecule has 0 bridgehead atoms. The highest BCUT2D eigenvalue weighted by atomic mass is 14.9. The fraction of sp³-hybridized carbons (Fsp3) is 0.0196. The minimum atomic E-state index is 0.694. The molecular formula is C51H35N3. The molecular weight excluding hydrogens is 655 g/mol. The molecule has 1 N–H and O–H groups in total. The molecule has 0 unspecified atom stereocenters. The number of hydrogen-bond donors (Lipinski definition) is 1. The van der Waals surface area contributed by atoms with E-state index in [1.54, 1.807) is 0 Å². The maximum atomic E-state index is 5.38. The summed E-state index contributed by atoms with van der Waals surface area (Å²) >= 11 is 0. The highest BCUT2D eigenvalue weighted by Gasteiger charge is 2.17. The second-order valence-corrected chi connectivity index (χ2v) is 13.8. The van der Waals surface area contributed by atoms with E-state index in [9.17, 15) is 0 Å². The van der Waals surface area contributed by atoms with E-state index in [1.807, 2.05) is 6.07 Å². The first-order valence-corrected chi connectivity index (χ1v) is 18.5. The molecule has 0 atom stereocenters. The van der Waals surface area contributed by atoms with Crippen molar-refractivity contribution in [1.82, 2.24) is 15.3 Å². The molecule has 54 heavy (non-hydrogen) atoms. The van der Waals surface area contributed by atoms with Crippen molar-refractivity contribution < 1.29 is 0 Å². The summed E-state index contributed by atoms with van der Waals surface area (Å²) in [5.74, 6) is 0.694. The van der Waals surface area contributed by atoms with Gasteiger partial charge < -0.3 is 5.32 Å². The standard InChI is InChI=1S/C51H35N3/c1-3-13-34(14-4-1)38-26-27-46-48(33-38)53-51(54-50(46)37-15-5-2-6-16-37)43-31-41(35-22-24-36(25-23-35)47-21-11-12-28-52-47)30-42(32-43)49-44-19-9-7-17-39(44)29-40-18-8-10-20-45(40)49/h1-27,29-33,52H,28H2. The highest BCUT2D eigenvalue weighted by molar-refractivity contribution is 6.13. The van der Waals surface area contributed by atoms with Crippen LogP contribution in [0.25, 0.3) is 94.2 Å². The molecule has 0 saturated carbocycles. The maximum Gasteiger partial charge on any atom is 0.160 e. The van der Waals surface area contributed by atoms with Gasteiger partial charge in [0, 0.05) is 28.8 Å². The molecule has 8 aromatic carbocycles. The fourth-order valence-corrected chi connectivity index (χ4v) is 7.78. The van der Waals surface area contributed by atoms with Gasteiger partial charge in [-0.2, -0.15) is 0 Å². The first-order chi connectivity index (χ1) is 26.7. The quantitative estimate of drug-likeness (QED) is 0.177. The first kappa shape index (κ1) is 31.6. The van der Waals surface area contributed by atoms with E-state index in [4.69, 9.17) is 9.97 Å². The topological polar surface area (TPSA) is 37.8 Å². The van der Waals surface area contributed by atoms with Gasteiger partial charge in [-0.1, -0.05) is 152 Å². The zero-order valence-corrected chi connectivity index (χ0v) is 29.6. The van der Waals surface area contributed by atoms with Gasteiger partial charge in [0.1, 0.15) is 0 Å². The van der Waals surface area contributed by atoms with Gasteiger partial charge in [0.15, 0.2) is 5.82 Å². The number of rotatable bonds is 6. The summed E-state index contributed by atoms with van der Waals surface area (Å²) in [5.41, 5.74) is 13.0. The number of nitrogens with one attached hydrogen (secondary N) is 1. The van der Waals surface area contributed by atoms with E-state index in [-0.39, 0.29) is 0 Å². The summed E-state index contributed by atoms with van der Waals surface area (Å²) in [6.07, 6.45) is 6.37. The van der Waals surface area contributed by atoms with Crippen LogP contribution in [0.3, 0.4) is 0 Å². The third-order valence-corrected chi connectivity index (χ3v) is 10.4. The van der Waals surface area contributed by atoms with Gasteiger partial charge in [-0.3, -0.25) is 0 Å². The molecule has 3 nitrogen and oxygen atoms in total. The van der Waals surface area contributed by atoms with Crippen LogP contribution in [0.15, 0.2) is 194 Å². The smallest absolute Gasteiger partial charge is 0.160 e. The van der Waals surface area contributed by atoms with Gasteiger partial charge >= 0.3 is 0 Å². The lowest BCUT2D eigenvalue weighted by molar-refractivity contribution is 0.996. The predicted molar refractivity (Wildman–Crippen MR) is 227 cm³/mol. The summed E-state index contributed by atoms with van der Waals surface area (Å²) in [6, 6.07) is 63.0. The number of benzene rings is 8. The highest BCUT2D eigenvalue weighted by Crippen LogP contribution is 2.41. The number of aromatic nitrogens is 2. The van der Waals surface area contributed by atoms with Crippen molar-refractivity contribution in [3.05, 3.63) is 200 Å². The van der Waals surface area contributed by atoms with Gasteiger partial charge in [-0.25, -0.2) is 9.97 Å². The molecule has 3 heteroatoms. The first-order valence-electron chi connectivity index (χ1n) is 18.5. The Morgan fingerprint density at radius 2 is 1.00 bits per heavy atom. The van der Waals surface area contributed by atoms with Crippen LogP contribution in [0, 0.1) is 0 Å². The Bertz CT molecular complexity index is 2850. The molecule has 0 aliphatic carbocycles. The Morgan fingerprint density at radius 1 is 0.407 bits per heavy atom. The van der Waals surface area contributed by atoms with E-state index in [1.165, 1.54) is 32.7 Å². The normalized spacial score (nSPS) is 12.6. The van der Waals surface area contributed by atoms with Crippen LogP contribution < -0.4 is 5.32 Å². The summed E-state index contributed by atoms with van der Waals surface area (Å²) in [7, 11) is 0. The molecule has 1 aliphatic rings. The van der Waals surface area contributed by atoms with Crippen molar-refractivity contribution in [1.29, 1.82) is 0 Å². The summed E-state index contributed by atoms with van der Waals surface area (Å²) in [5, 5.41) is 9.38. The lowest BCUT2D eigenvalue weighted by Gasteiger charge is -2.17. The van der Waals surface area contributed by atoms with Crippen molar-refractivity contribution in [3.63, 3.8) is 0 Å². The molecule has 0 fully saturated rings. The zero-order valence-electron chi connectivity index (χ0n) is 29.6. The number of nitrogens with zero attached hydrogens (tertiary/aromatic N) is 2. The monoisotopic (exact) mass is 689 g/mol. The molecule has 0 saturated heterocycles. The Hall–Kier alpha value is -7.10.